The summed E-state index contributed by atoms with van der Waals surface area (Å²) in [5.41, 5.74) is 1.70. The largest absolute Gasteiger partial charge is 0.339 e. The van der Waals surface area contributed by atoms with Gasteiger partial charge in [0.05, 0.1) is 0 Å². The molecule has 1 amide bonds. The molecule has 4 heterocycles. The summed E-state index contributed by atoms with van der Waals surface area (Å²) >= 11 is 0. The monoisotopic (exact) mass is 339 g/mol. The molecule has 3 aliphatic heterocycles. The molecule has 4 aliphatic rings. The molecule has 1 aliphatic carbocycles. The Hall–Kier alpha value is -1.95. The fourth-order valence-corrected chi connectivity index (χ4v) is 4.43. The Morgan fingerprint density at radius 3 is 2.48 bits per heavy atom. The van der Waals surface area contributed by atoms with E-state index in [9.17, 15) is 4.79 Å². The number of piperidine rings is 1. The van der Waals surface area contributed by atoms with Crippen LogP contribution in [0.2, 0.25) is 0 Å². The van der Waals surface area contributed by atoms with Gasteiger partial charge in [-0.3, -0.25) is 9.69 Å². The molecule has 0 N–H and O–H groups in total. The molecule has 1 saturated carbocycles. The third kappa shape index (κ3) is 3.15. The van der Waals surface area contributed by atoms with Gasteiger partial charge in [0.2, 0.25) is 5.91 Å². The van der Waals surface area contributed by atoms with Crippen molar-refractivity contribution in [1.29, 1.82) is 0 Å². The summed E-state index contributed by atoms with van der Waals surface area (Å²) in [6.07, 6.45) is 5.30. The molecular weight excluding hydrogens is 314 g/mol. The normalized spacial score (nSPS) is 27.0. The highest BCUT2D eigenvalue weighted by Gasteiger charge is 2.38. The molecule has 25 heavy (non-hydrogen) atoms. The lowest BCUT2D eigenvalue weighted by Gasteiger charge is -2.36. The first-order valence-corrected chi connectivity index (χ1v) is 9.56. The Balaban J connectivity index is 1.28. The molecule has 6 heteroatoms. The summed E-state index contributed by atoms with van der Waals surface area (Å²) in [6, 6.07) is 8.32. The van der Waals surface area contributed by atoms with Crippen molar-refractivity contribution >= 4 is 16.9 Å². The van der Waals surface area contributed by atoms with Crippen LogP contribution in [0.3, 0.4) is 0 Å². The minimum Gasteiger partial charge on any atom is -0.339 e. The predicted octanol–water partition coefficient (Wildman–Crippen LogP) is 1.76. The summed E-state index contributed by atoms with van der Waals surface area (Å²) in [5, 5.41) is 8.87. The van der Waals surface area contributed by atoms with E-state index in [1.165, 1.54) is 38.8 Å². The Morgan fingerprint density at radius 2 is 1.76 bits per heavy atom. The van der Waals surface area contributed by atoms with Gasteiger partial charge in [-0.1, -0.05) is 12.1 Å². The van der Waals surface area contributed by atoms with E-state index < -0.39 is 0 Å². The number of fused-ring (bicyclic) bond motifs is 5. The van der Waals surface area contributed by atoms with Crippen molar-refractivity contribution in [3.63, 3.8) is 0 Å². The predicted molar refractivity (Wildman–Crippen MR) is 94.9 cm³/mol. The zero-order valence-corrected chi connectivity index (χ0v) is 14.5. The number of hydrogen-bond donors (Lipinski definition) is 0. The summed E-state index contributed by atoms with van der Waals surface area (Å²) in [7, 11) is 0. The van der Waals surface area contributed by atoms with E-state index in [1.807, 2.05) is 24.3 Å². The van der Waals surface area contributed by atoms with E-state index in [0.29, 0.717) is 12.0 Å². The van der Waals surface area contributed by atoms with E-state index >= 15 is 0 Å². The van der Waals surface area contributed by atoms with Gasteiger partial charge >= 0.3 is 0 Å². The second-order valence-electron chi connectivity index (χ2n) is 8.01. The third-order valence-electron chi connectivity index (χ3n) is 5.97. The average Bonchev–Trinajstić information content (AvgIpc) is 3.39. The molecule has 6 rings (SSSR count). The fraction of sp³-hybridized carbons (Fsp3) is 0.632. The Labute approximate surface area is 147 Å². The third-order valence-corrected chi connectivity index (χ3v) is 5.97. The Kier molecular flexibility index (Phi) is 3.73. The van der Waals surface area contributed by atoms with Crippen LogP contribution in [0.15, 0.2) is 24.3 Å². The number of nitrogens with zero attached hydrogens (tertiary/aromatic N) is 5. The highest BCUT2D eigenvalue weighted by molar-refractivity contribution is 5.77. The summed E-state index contributed by atoms with van der Waals surface area (Å²) < 4.78 is 0. The first-order valence-electron chi connectivity index (χ1n) is 9.56. The molecule has 1 aromatic heterocycles. The van der Waals surface area contributed by atoms with E-state index in [1.54, 1.807) is 4.80 Å². The number of rotatable bonds is 4. The molecule has 0 radical (unpaired) electrons. The zero-order valence-electron chi connectivity index (χ0n) is 14.5. The van der Waals surface area contributed by atoms with Gasteiger partial charge in [-0.25, -0.2) is 0 Å². The highest BCUT2D eigenvalue weighted by Crippen LogP contribution is 2.34. The maximum atomic E-state index is 12.9. The maximum Gasteiger partial charge on any atom is 0.246 e. The molecule has 0 unspecified atom stereocenters. The van der Waals surface area contributed by atoms with Crippen LogP contribution in [-0.4, -0.2) is 62.9 Å². The van der Waals surface area contributed by atoms with Crippen molar-refractivity contribution in [2.24, 2.45) is 11.8 Å². The maximum absolute atomic E-state index is 12.9. The lowest BCUT2D eigenvalue weighted by molar-refractivity contribution is -0.132. The molecule has 1 aromatic carbocycles. The van der Waals surface area contributed by atoms with E-state index in [2.05, 4.69) is 20.0 Å². The van der Waals surface area contributed by atoms with Crippen molar-refractivity contribution in [2.45, 2.75) is 38.3 Å². The highest BCUT2D eigenvalue weighted by atomic mass is 16.2. The zero-order chi connectivity index (χ0) is 16.8. The van der Waals surface area contributed by atoms with Crippen molar-refractivity contribution in [3.8, 4) is 0 Å². The van der Waals surface area contributed by atoms with Crippen LogP contribution in [-0.2, 0) is 11.3 Å². The second-order valence-corrected chi connectivity index (χ2v) is 8.01. The van der Waals surface area contributed by atoms with E-state index in [0.717, 1.165) is 30.0 Å². The molecule has 2 bridgehead atoms. The van der Waals surface area contributed by atoms with Gasteiger partial charge in [-0.05, 0) is 49.7 Å². The molecule has 3 saturated heterocycles. The minimum absolute atomic E-state index is 0.158. The first kappa shape index (κ1) is 15.3. The van der Waals surface area contributed by atoms with E-state index in [4.69, 9.17) is 0 Å². The first-order chi connectivity index (χ1) is 12.2. The number of aromatic nitrogens is 3. The lowest BCUT2D eigenvalue weighted by atomic mass is 9.95. The van der Waals surface area contributed by atoms with Crippen LogP contribution in [0.1, 0.15) is 25.7 Å². The molecular formula is C19H25N5O. The standard InChI is InChI=1S/C19H25N5O/c25-19(13-24-20-17-3-1-2-4-18(17)21-24)23-11-15-7-8-16(12-23)22(10-15)9-14-5-6-14/h1-4,14-16H,5-13H2/t15-,16-/m0/s1. The number of carbonyl (C=O) groups is 1. The smallest absolute Gasteiger partial charge is 0.246 e. The molecule has 2 aromatic rings. The Bertz CT molecular complexity index is 750. The van der Waals surface area contributed by atoms with Crippen molar-refractivity contribution < 1.29 is 4.79 Å². The number of carbonyl (C=O) groups excluding carboxylic acids is 1. The van der Waals surface area contributed by atoms with Gasteiger partial charge in [0.25, 0.3) is 0 Å². The van der Waals surface area contributed by atoms with Crippen LogP contribution >= 0.6 is 0 Å². The molecule has 132 valence electrons. The quantitative estimate of drug-likeness (QED) is 0.852. The average molecular weight is 339 g/mol. The Morgan fingerprint density at radius 1 is 1.00 bits per heavy atom. The van der Waals surface area contributed by atoms with Crippen LogP contribution in [0.5, 0.6) is 0 Å². The molecule has 0 spiro atoms. The molecule has 6 nitrogen and oxygen atoms in total. The van der Waals surface area contributed by atoms with Gasteiger partial charge in [0.1, 0.15) is 17.6 Å². The van der Waals surface area contributed by atoms with Crippen LogP contribution in [0.25, 0.3) is 11.0 Å². The van der Waals surface area contributed by atoms with E-state index in [-0.39, 0.29) is 12.5 Å². The van der Waals surface area contributed by atoms with Crippen LogP contribution < -0.4 is 0 Å². The van der Waals surface area contributed by atoms with Gasteiger partial charge in [-0.2, -0.15) is 15.0 Å². The molecule has 4 fully saturated rings. The fourth-order valence-electron chi connectivity index (χ4n) is 4.43. The van der Waals surface area contributed by atoms with Crippen molar-refractivity contribution in [1.82, 2.24) is 24.8 Å². The minimum atomic E-state index is 0.158. The summed E-state index contributed by atoms with van der Waals surface area (Å²) in [5.74, 6) is 1.71. The van der Waals surface area contributed by atoms with Crippen LogP contribution in [0, 0.1) is 11.8 Å². The van der Waals surface area contributed by atoms with Crippen molar-refractivity contribution in [3.05, 3.63) is 24.3 Å². The van der Waals surface area contributed by atoms with Gasteiger partial charge in [-0.15, -0.1) is 0 Å². The SMILES string of the molecule is O=C(Cn1nc2ccccc2n1)N1C[C@H]2CC[C@@H](C1)N(CC1CC1)C2. The van der Waals surface area contributed by atoms with Gasteiger partial charge in [0, 0.05) is 32.2 Å². The molecule has 2 atom stereocenters. The van der Waals surface area contributed by atoms with Gasteiger partial charge in [0.15, 0.2) is 0 Å². The number of amides is 1. The number of hydrogen-bond acceptors (Lipinski definition) is 4. The second kappa shape index (κ2) is 6.09. The van der Waals surface area contributed by atoms with Gasteiger partial charge < -0.3 is 4.90 Å². The topological polar surface area (TPSA) is 54.3 Å². The summed E-state index contributed by atoms with van der Waals surface area (Å²) in [4.78, 5) is 19.2. The lowest BCUT2D eigenvalue weighted by Crippen LogP contribution is -2.45. The van der Waals surface area contributed by atoms with Crippen molar-refractivity contribution in [2.75, 3.05) is 26.2 Å². The summed E-state index contributed by atoms with van der Waals surface area (Å²) in [6.45, 7) is 4.45. The number of benzene rings is 1. The van der Waals surface area contributed by atoms with Crippen LogP contribution in [0.4, 0.5) is 0 Å².